The molecule has 68 heavy (non-hydrogen) atoms. The number of carbonyl (C=O) groups is 5. The van der Waals surface area contributed by atoms with Crippen molar-refractivity contribution in [3.05, 3.63) is 63.6 Å². The Balaban J connectivity index is 1.46. The molecule has 2 aliphatic heterocycles. The number of benzene rings is 1. The van der Waals surface area contributed by atoms with E-state index in [1.165, 1.54) is 6.92 Å². The van der Waals surface area contributed by atoms with E-state index in [4.69, 9.17) is 0 Å². The van der Waals surface area contributed by atoms with Crippen molar-refractivity contribution in [2.45, 2.75) is 150 Å². The standard InChI is InChI=1S/C51H75N7O9S/c1-10-25-57-32(2)50(5,6)37-28-35(39(30-41(37)57)55-44(61)20-16-22-52-9)46-48(63)47(49(46)64)36-29-38-42(58(33(3)51(38,7)8)26-18-27-68(65,66)67)31-40(36)56-45(62)21-17-24-54-43(60)19-14-12-11-13-15-23-53-34(4)59/h28-33,52,63H,10-27H2,1-9H3,(H,53,59)(H,54,60)(H,56,62)(H,65,66,67). The second-order valence-corrected chi connectivity index (χ2v) is 21.3. The Morgan fingerprint density at radius 1 is 0.779 bits per heavy atom. The molecule has 16 nitrogen and oxygen atoms in total. The minimum absolute atomic E-state index is 0.0124. The van der Waals surface area contributed by atoms with Crippen LogP contribution in [-0.2, 0) is 39.5 Å². The SMILES string of the molecule is CCCN1C2=CC(=NC(=O)CCCNC)C(=C3C(=O)C(c4cc5c(cc4NC(=O)CCCNC(=O)CCCCCCCNC(C)=O)N(CCCS(=O)(=O)O)C(C)C5(C)C)=C3O)C=C2C(C)(C)C1C. The number of unbranched alkanes of at least 4 members (excludes halogenated alkanes) is 4. The summed E-state index contributed by atoms with van der Waals surface area (Å²) in [6.07, 6.45) is 10.8. The molecule has 5 rings (SSSR count). The summed E-state index contributed by atoms with van der Waals surface area (Å²) < 4.78 is 32.9. The minimum Gasteiger partial charge on any atom is -0.506 e. The topological polar surface area (TPSA) is 227 Å². The Bertz CT molecular complexity index is 2400. The first kappa shape index (κ1) is 53.8. The highest BCUT2D eigenvalue weighted by Gasteiger charge is 2.48. The molecule has 1 aromatic carbocycles. The molecule has 1 saturated heterocycles. The number of allylic oxidation sites excluding steroid dienone is 6. The van der Waals surface area contributed by atoms with Gasteiger partial charge in [0.15, 0.2) is 0 Å². The fourth-order valence-corrected chi connectivity index (χ4v) is 10.2. The number of aliphatic hydroxyl groups is 1. The summed E-state index contributed by atoms with van der Waals surface area (Å²) in [5, 5.41) is 23.9. The van der Waals surface area contributed by atoms with E-state index in [1.54, 1.807) is 6.07 Å². The second-order valence-electron chi connectivity index (χ2n) is 19.8. The van der Waals surface area contributed by atoms with Gasteiger partial charge in [-0.15, -0.1) is 0 Å². The zero-order valence-electron chi connectivity index (χ0n) is 41.7. The number of nitrogens with zero attached hydrogens (tertiary/aromatic N) is 3. The fourth-order valence-electron chi connectivity index (χ4n) is 9.70. The summed E-state index contributed by atoms with van der Waals surface area (Å²) in [7, 11) is -2.39. The lowest BCUT2D eigenvalue weighted by Gasteiger charge is -2.31. The number of anilines is 2. The number of Topliss-reactive ketones (excluding diaryl/α,β-unsaturated/α-hetero) is 1. The molecule has 2 aliphatic carbocycles. The number of fused-ring (bicyclic) bond motifs is 2. The number of aliphatic hydroxyl groups excluding tert-OH is 1. The smallest absolute Gasteiger partial charge is 0.264 e. The molecule has 17 heteroatoms. The van der Waals surface area contributed by atoms with Crippen molar-refractivity contribution < 1.29 is 42.0 Å². The molecule has 1 fully saturated rings. The average Bonchev–Trinajstić information content (AvgIpc) is 3.55. The Labute approximate surface area is 403 Å². The van der Waals surface area contributed by atoms with Crippen LogP contribution in [0.3, 0.4) is 0 Å². The maximum Gasteiger partial charge on any atom is 0.264 e. The third kappa shape index (κ3) is 12.5. The van der Waals surface area contributed by atoms with E-state index >= 15 is 0 Å². The number of nitrogens with one attached hydrogen (secondary N) is 4. The van der Waals surface area contributed by atoms with Gasteiger partial charge >= 0.3 is 0 Å². The van der Waals surface area contributed by atoms with Gasteiger partial charge in [0.25, 0.3) is 10.1 Å². The van der Waals surface area contributed by atoms with Gasteiger partial charge < -0.3 is 36.2 Å². The first-order valence-corrected chi connectivity index (χ1v) is 26.1. The van der Waals surface area contributed by atoms with Crippen LogP contribution in [0.4, 0.5) is 11.4 Å². The second kappa shape index (κ2) is 23.0. The number of carbonyl (C=O) groups excluding carboxylic acids is 5. The maximum absolute atomic E-state index is 14.8. The Morgan fingerprint density at radius 2 is 1.43 bits per heavy atom. The zero-order chi connectivity index (χ0) is 50.1. The predicted molar refractivity (Wildman–Crippen MR) is 268 cm³/mol. The lowest BCUT2D eigenvalue weighted by Crippen LogP contribution is -2.39. The number of hydrogen-bond acceptors (Lipinski definition) is 11. The molecule has 0 saturated carbocycles. The first-order valence-electron chi connectivity index (χ1n) is 24.5. The third-order valence-corrected chi connectivity index (χ3v) is 15.0. The summed E-state index contributed by atoms with van der Waals surface area (Å²) >= 11 is 0. The molecule has 0 bridgehead atoms. The van der Waals surface area contributed by atoms with Crippen LogP contribution in [0.15, 0.2) is 57.5 Å². The highest BCUT2D eigenvalue weighted by molar-refractivity contribution is 7.85. The molecule has 374 valence electrons. The van der Waals surface area contributed by atoms with Gasteiger partial charge in [0, 0.05) is 97.8 Å². The molecule has 2 atom stereocenters. The number of amides is 4. The summed E-state index contributed by atoms with van der Waals surface area (Å²) in [6.45, 7) is 18.8. The Morgan fingerprint density at radius 3 is 2.09 bits per heavy atom. The van der Waals surface area contributed by atoms with Crippen LogP contribution < -0.4 is 26.2 Å². The van der Waals surface area contributed by atoms with Crippen molar-refractivity contribution >= 4 is 62.2 Å². The van der Waals surface area contributed by atoms with E-state index in [-0.39, 0.29) is 96.1 Å². The van der Waals surface area contributed by atoms with Crippen LogP contribution in [0.2, 0.25) is 0 Å². The zero-order valence-corrected chi connectivity index (χ0v) is 42.5. The van der Waals surface area contributed by atoms with E-state index in [0.717, 1.165) is 67.6 Å². The normalized spacial score (nSPS) is 21.0. The molecule has 4 aliphatic rings. The maximum atomic E-state index is 14.8. The van der Waals surface area contributed by atoms with Gasteiger partial charge in [-0.05, 0) is 101 Å². The average molecular weight is 962 g/mol. The summed E-state index contributed by atoms with van der Waals surface area (Å²) in [5.74, 6) is -2.02. The highest BCUT2D eigenvalue weighted by atomic mass is 32.2. The number of ketones is 1. The highest BCUT2D eigenvalue weighted by Crippen LogP contribution is 2.53. The third-order valence-electron chi connectivity index (χ3n) is 14.2. The van der Waals surface area contributed by atoms with E-state index in [0.29, 0.717) is 49.2 Å². The molecule has 0 spiro atoms. The van der Waals surface area contributed by atoms with Crippen LogP contribution in [0, 0.1) is 5.41 Å². The van der Waals surface area contributed by atoms with Gasteiger partial charge in [-0.25, -0.2) is 4.99 Å². The molecule has 4 amide bonds. The van der Waals surface area contributed by atoms with Crippen LogP contribution >= 0.6 is 0 Å². The number of hydrogen-bond donors (Lipinski definition) is 6. The van der Waals surface area contributed by atoms with Crippen molar-refractivity contribution in [3.63, 3.8) is 0 Å². The van der Waals surface area contributed by atoms with Crippen LogP contribution in [0.25, 0.3) is 5.57 Å². The molecule has 0 aromatic heterocycles. The molecule has 0 radical (unpaired) electrons. The predicted octanol–water partition coefficient (Wildman–Crippen LogP) is 6.84. The lowest BCUT2D eigenvalue weighted by molar-refractivity contribution is -0.121. The van der Waals surface area contributed by atoms with Crippen molar-refractivity contribution in [2.75, 3.05) is 55.7 Å². The minimum atomic E-state index is -4.21. The van der Waals surface area contributed by atoms with Crippen molar-refractivity contribution in [1.82, 2.24) is 20.9 Å². The summed E-state index contributed by atoms with van der Waals surface area (Å²) in [4.78, 5) is 74.3. The van der Waals surface area contributed by atoms with Crippen LogP contribution in [-0.4, -0.2) is 116 Å². The Hall–Kier alpha value is -5.13. The number of likely N-dealkylation sites (tertiary alicyclic amines) is 1. The number of aliphatic imine (C=N–C) groups is 1. The molecule has 1 aromatic rings. The molecule has 2 heterocycles. The van der Waals surface area contributed by atoms with Gasteiger partial charge in [-0.2, -0.15) is 8.42 Å². The van der Waals surface area contributed by atoms with Gasteiger partial charge in [0.1, 0.15) is 5.76 Å². The van der Waals surface area contributed by atoms with Crippen LogP contribution in [0.5, 0.6) is 0 Å². The molecule has 6 N–H and O–H groups in total. The van der Waals surface area contributed by atoms with E-state index in [1.807, 2.05) is 50.9 Å². The Kier molecular flexibility index (Phi) is 18.2. The lowest BCUT2D eigenvalue weighted by atomic mass is 9.73. The van der Waals surface area contributed by atoms with Crippen LogP contribution in [0.1, 0.15) is 144 Å². The number of rotatable bonds is 24. The van der Waals surface area contributed by atoms with Crippen molar-refractivity contribution in [2.24, 2.45) is 10.4 Å². The first-order chi connectivity index (χ1) is 32.0. The molecular formula is C51H75N7O9S. The largest absolute Gasteiger partial charge is 0.506 e. The van der Waals surface area contributed by atoms with Gasteiger partial charge in [0.05, 0.1) is 28.3 Å². The monoisotopic (exact) mass is 962 g/mol. The van der Waals surface area contributed by atoms with Crippen molar-refractivity contribution in [3.8, 4) is 0 Å². The molecule has 2 unspecified atom stereocenters. The van der Waals surface area contributed by atoms with Gasteiger partial charge in [0.2, 0.25) is 29.4 Å². The van der Waals surface area contributed by atoms with Crippen molar-refractivity contribution in [1.29, 1.82) is 0 Å². The quantitative estimate of drug-likeness (QED) is 0.0356. The van der Waals surface area contributed by atoms with E-state index < -0.39 is 27.1 Å². The fraction of sp³-hybridized carbons (Fsp3) is 0.608. The van der Waals surface area contributed by atoms with E-state index in [9.17, 15) is 42.0 Å². The summed E-state index contributed by atoms with van der Waals surface area (Å²) in [5.41, 5.74) is 3.91. The van der Waals surface area contributed by atoms with Gasteiger partial charge in [-0.1, -0.05) is 53.9 Å². The van der Waals surface area contributed by atoms with Gasteiger partial charge in [-0.3, -0.25) is 28.5 Å². The van der Waals surface area contributed by atoms with E-state index in [2.05, 4.69) is 58.9 Å². The summed E-state index contributed by atoms with van der Waals surface area (Å²) in [6, 6.07) is 3.54. The molecular weight excluding hydrogens is 887 g/mol.